The Morgan fingerprint density at radius 3 is 2.41 bits per heavy atom. The average Bonchev–Trinajstić information content (AvgIpc) is 2.78. The summed E-state index contributed by atoms with van der Waals surface area (Å²) in [6.07, 6.45) is 2.13. The Kier molecular flexibility index (Phi) is 10.8. The molecule has 174 valence electrons. The molecule has 2 amide bonds. The van der Waals surface area contributed by atoms with Gasteiger partial charge in [0.15, 0.2) is 0 Å². The summed E-state index contributed by atoms with van der Waals surface area (Å²) in [5, 5.41) is 4.00. The monoisotopic (exact) mass is 478 g/mol. The molecule has 2 atom stereocenters. The summed E-state index contributed by atoms with van der Waals surface area (Å²) in [5.74, 6) is 0.503. The van der Waals surface area contributed by atoms with Gasteiger partial charge in [-0.2, -0.15) is 0 Å². The summed E-state index contributed by atoms with van der Waals surface area (Å²) in [6, 6.07) is 14.1. The van der Waals surface area contributed by atoms with E-state index in [1.807, 2.05) is 51.1 Å². The first kappa shape index (κ1) is 26.0. The van der Waals surface area contributed by atoms with Crippen LogP contribution in [-0.2, 0) is 16.1 Å². The molecule has 0 spiro atoms. The van der Waals surface area contributed by atoms with Gasteiger partial charge in [0, 0.05) is 29.1 Å². The third-order valence-corrected chi connectivity index (χ3v) is 5.88. The van der Waals surface area contributed by atoms with E-state index in [2.05, 4.69) is 5.32 Å². The van der Waals surface area contributed by atoms with Crippen LogP contribution in [0.3, 0.4) is 0 Å². The molecule has 0 bridgehead atoms. The molecule has 2 aromatic rings. The molecule has 7 heteroatoms. The molecular weight excluding hydrogens is 447 g/mol. The van der Waals surface area contributed by atoms with Gasteiger partial charge in [-0.1, -0.05) is 61.3 Å². The standard InChI is InChI=1S/C25H32Cl2N2O3/c1-4-18(3)28-25(31)23(5-2)29(17-19-13-14-20(26)16-22(19)27)24(30)12-9-15-32-21-10-7-6-8-11-21/h6-8,10-11,13-14,16,18,23H,4-5,9,12,15,17H2,1-3H3,(H,28,31). The number of rotatable bonds is 12. The Morgan fingerprint density at radius 2 is 1.78 bits per heavy atom. The number of halogens is 2. The fourth-order valence-corrected chi connectivity index (χ4v) is 3.74. The van der Waals surface area contributed by atoms with Crippen molar-refractivity contribution >= 4 is 35.0 Å². The molecule has 2 rings (SSSR count). The van der Waals surface area contributed by atoms with Gasteiger partial charge in [0.05, 0.1) is 6.61 Å². The maximum Gasteiger partial charge on any atom is 0.243 e. The van der Waals surface area contributed by atoms with E-state index >= 15 is 0 Å². The predicted octanol–water partition coefficient (Wildman–Crippen LogP) is 5.87. The van der Waals surface area contributed by atoms with Gasteiger partial charge >= 0.3 is 0 Å². The quantitative estimate of drug-likeness (QED) is 0.387. The minimum absolute atomic E-state index is 0.0342. The zero-order valence-electron chi connectivity index (χ0n) is 18.9. The lowest BCUT2D eigenvalue weighted by Crippen LogP contribution is -2.50. The number of amides is 2. The summed E-state index contributed by atoms with van der Waals surface area (Å²) >= 11 is 12.4. The lowest BCUT2D eigenvalue weighted by Gasteiger charge is -2.31. The third kappa shape index (κ3) is 8.03. The number of benzene rings is 2. The minimum Gasteiger partial charge on any atom is -0.494 e. The molecule has 0 aliphatic rings. The van der Waals surface area contributed by atoms with E-state index in [0.717, 1.165) is 17.7 Å². The molecule has 0 radical (unpaired) electrons. The molecule has 0 heterocycles. The fraction of sp³-hybridized carbons (Fsp3) is 0.440. The van der Waals surface area contributed by atoms with E-state index in [0.29, 0.717) is 29.5 Å². The van der Waals surface area contributed by atoms with E-state index in [1.165, 1.54) is 0 Å². The number of carbonyl (C=O) groups excluding carboxylic acids is 2. The maximum atomic E-state index is 13.2. The number of nitrogens with zero attached hydrogens (tertiary/aromatic N) is 1. The second kappa shape index (κ2) is 13.3. The zero-order chi connectivity index (χ0) is 23.5. The summed E-state index contributed by atoms with van der Waals surface area (Å²) in [5.41, 5.74) is 0.750. The number of hydrogen-bond acceptors (Lipinski definition) is 3. The highest BCUT2D eigenvalue weighted by Gasteiger charge is 2.29. The number of ether oxygens (including phenoxy) is 1. The van der Waals surface area contributed by atoms with Crippen molar-refractivity contribution in [3.8, 4) is 5.75 Å². The first-order valence-electron chi connectivity index (χ1n) is 11.1. The van der Waals surface area contributed by atoms with Gasteiger partial charge in [0.25, 0.3) is 0 Å². The molecule has 0 aliphatic heterocycles. The van der Waals surface area contributed by atoms with Crippen LogP contribution in [0.4, 0.5) is 0 Å². The number of hydrogen-bond donors (Lipinski definition) is 1. The summed E-state index contributed by atoms with van der Waals surface area (Å²) in [6.45, 7) is 6.52. The molecule has 2 unspecified atom stereocenters. The van der Waals surface area contributed by atoms with Crippen molar-refractivity contribution in [2.75, 3.05) is 6.61 Å². The largest absolute Gasteiger partial charge is 0.494 e. The highest BCUT2D eigenvalue weighted by atomic mass is 35.5. The Bertz CT molecular complexity index is 877. The molecule has 1 N–H and O–H groups in total. The lowest BCUT2D eigenvalue weighted by molar-refractivity contribution is -0.141. The maximum absolute atomic E-state index is 13.2. The van der Waals surface area contributed by atoms with Crippen LogP contribution in [0.15, 0.2) is 48.5 Å². The lowest BCUT2D eigenvalue weighted by atomic mass is 10.1. The van der Waals surface area contributed by atoms with Crippen LogP contribution in [0.2, 0.25) is 10.0 Å². The smallest absolute Gasteiger partial charge is 0.243 e. The summed E-state index contributed by atoms with van der Waals surface area (Å²) in [4.78, 5) is 27.8. The Labute approximate surface area is 201 Å². The average molecular weight is 479 g/mol. The molecule has 2 aromatic carbocycles. The van der Waals surface area contributed by atoms with Crippen molar-refractivity contribution in [3.63, 3.8) is 0 Å². The van der Waals surface area contributed by atoms with Crippen molar-refractivity contribution in [2.24, 2.45) is 0 Å². The predicted molar refractivity (Wildman–Crippen MR) is 130 cm³/mol. The van der Waals surface area contributed by atoms with Crippen LogP contribution in [0, 0.1) is 0 Å². The van der Waals surface area contributed by atoms with E-state index in [1.54, 1.807) is 23.1 Å². The number of nitrogens with one attached hydrogen (secondary N) is 1. The van der Waals surface area contributed by atoms with Crippen molar-refractivity contribution in [1.29, 1.82) is 0 Å². The first-order chi connectivity index (χ1) is 15.3. The highest BCUT2D eigenvalue weighted by molar-refractivity contribution is 6.35. The molecule has 0 fully saturated rings. The van der Waals surface area contributed by atoms with E-state index in [-0.39, 0.29) is 30.8 Å². The van der Waals surface area contributed by atoms with E-state index in [9.17, 15) is 9.59 Å². The summed E-state index contributed by atoms with van der Waals surface area (Å²) in [7, 11) is 0. The fourth-order valence-electron chi connectivity index (χ4n) is 3.27. The van der Waals surface area contributed by atoms with Crippen molar-refractivity contribution in [1.82, 2.24) is 10.2 Å². The number of carbonyl (C=O) groups is 2. The molecule has 0 saturated heterocycles. The van der Waals surface area contributed by atoms with Gasteiger partial charge in [-0.25, -0.2) is 0 Å². The van der Waals surface area contributed by atoms with Gasteiger partial charge < -0.3 is 15.0 Å². The van der Waals surface area contributed by atoms with Crippen molar-refractivity contribution in [3.05, 3.63) is 64.1 Å². The normalized spacial score (nSPS) is 12.7. The second-order valence-corrected chi connectivity index (χ2v) is 8.61. The minimum atomic E-state index is -0.585. The Hall–Kier alpha value is -2.24. The van der Waals surface area contributed by atoms with Crippen LogP contribution in [0.25, 0.3) is 0 Å². The van der Waals surface area contributed by atoms with Crippen molar-refractivity contribution < 1.29 is 14.3 Å². The van der Waals surface area contributed by atoms with Gasteiger partial charge in [-0.15, -0.1) is 0 Å². The Morgan fingerprint density at radius 1 is 1.06 bits per heavy atom. The van der Waals surface area contributed by atoms with Crippen LogP contribution < -0.4 is 10.1 Å². The van der Waals surface area contributed by atoms with Crippen molar-refractivity contribution in [2.45, 2.75) is 65.1 Å². The van der Waals surface area contributed by atoms with Crippen LogP contribution in [0.5, 0.6) is 5.75 Å². The Balaban J connectivity index is 2.11. The molecule has 0 saturated carbocycles. The highest BCUT2D eigenvalue weighted by Crippen LogP contribution is 2.24. The van der Waals surface area contributed by atoms with Gasteiger partial charge in [-0.3, -0.25) is 9.59 Å². The van der Waals surface area contributed by atoms with Gasteiger partial charge in [0.2, 0.25) is 11.8 Å². The van der Waals surface area contributed by atoms with E-state index in [4.69, 9.17) is 27.9 Å². The molecule has 0 aliphatic carbocycles. The van der Waals surface area contributed by atoms with Gasteiger partial charge in [0.1, 0.15) is 11.8 Å². The van der Waals surface area contributed by atoms with Crippen LogP contribution >= 0.6 is 23.2 Å². The second-order valence-electron chi connectivity index (χ2n) is 7.76. The molecule has 5 nitrogen and oxygen atoms in total. The summed E-state index contributed by atoms with van der Waals surface area (Å²) < 4.78 is 5.70. The molecular formula is C25H32Cl2N2O3. The van der Waals surface area contributed by atoms with Crippen LogP contribution in [0.1, 0.15) is 52.0 Å². The van der Waals surface area contributed by atoms with E-state index < -0.39 is 6.04 Å². The zero-order valence-corrected chi connectivity index (χ0v) is 20.5. The topological polar surface area (TPSA) is 58.6 Å². The number of para-hydroxylation sites is 1. The third-order valence-electron chi connectivity index (χ3n) is 5.29. The van der Waals surface area contributed by atoms with Gasteiger partial charge in [-0.05, 0) is 56.0 Å². The van der Waals surface area contributed by atoms with Crippen LogP contribution in [-0.4, -0.2) is 35.4 Å². The molecule has 32 heavy (non-hydrogen) atoms. The first-order valence-corrected chi connectivity index (χ1v) is 11.8. The molecule has 0 aromatic heterocycles. The SMILES string of the molecule is CCC(C)NC(=O)C(CC)N(Cc1ccc(Cl)cc1Cl)C(=O)CCCOc1ccccc1.